The van der Waals surface area contributed by atoms with Gasteiger partial charge in [-0.3, -0.25) is 14.9 Å². The lowest BCUT2D eigenvalue weighted by Gasteiger charge is -2.22. The van der Waals surface area contributed by atoms with Gasteiger partial charge in [-0.25, -0.2) is 0 Å². The van der Waals surface area contributed by atoms with Gasteiger partial charge in [-0.15, -0.1) is 0 Å². The first kappa shape index (κ1) is 24.6. The third-order valence-corrected chi connectivity index (χ3v) is 7.60. The largest absolute Gasteiger partial charge is 0.493 e. The van der Waals surface area contributed by atoms with Crippen LogP contribution in [0.4, 0.5) is 4.79 Å². The van der Waals surface area contributed by atoms with Gasteiger partial charge < -0.3 is 9.47 Å². The van der Waals surface area contributed by atoms with E-state index in [0.29, 0.717) is 19.0 Å². The zero-order valence-corrected chi connectivity index (χ0v) is 20.8. The Balaban J connectivity index is 1.25. The fourth-order valence-electron chi connectivity index (χ4n) is 4.86. The van der Waals surface area contributed by atoms with Gasteiger partial charge in [0, 0.05) is 6.42 Å². The number of aryl methyl sites for hydroxylation is 1. The number of hydrogen-bond donors (Lipinski definition) is 1. The molecule has 2 amide bonds. The topological polar surface area (TPSA) is 64.6 Å². The maximum atomic E-state index is 11.9. The minimum atomic E-state index is -0.502. The number of rotatable bonds is 11. The van der Waals surface area contributed by atoms with Crippen LogP contribution in [0.15, 0.2) is 42.5 Å². The highest BCUT2D eigenvalue weighted by atomic mass is 32.2. The number of carbonyl (C=O) groups excluding carboxylic acids is 2. The minimum Gasteiger partial charge on any atom is -0.493 e. The molecule has 34 heavy (non-hydrogen) atoms. The molecule has 0 spiro atoms. The van der Waals surface area contributed by atoms with Crippen LogP contribution in [0, 0.1) is 5.92 Å². The molecular weight excluding hydrogens is 446 g/mol. The summed E-state index contributed by atoms with van der Waals surface area (Å²) in [6, 6.07) is 14.2. The minimum absolute atomic E-state index is 0.270. The quantitative estimate of drug-likeness (QED) is 0.365. The maximum Gasteiger partial charge on any atom is 0.286 e. The number of hydrogen-bond acceptors (Lipinski definition) is 5. The Morgan fingerprint density at radius 3 is 2.59 bits per heavy atom. The first-order valence-electron chi connectivity index (χ1n) is 12.6. The lowest BCUT2D eigenvalue weighted by atomic mass is 9.84. The molecule has 1 atom stereocenters. The zero-order valence-electron chi connectivity index (χ0n) is 20.0. The summed E-state index contributed by atoms with van der Waals surface area (Å²) < 4.78 is 12.0. The molecule has 1 N–H and O–H groups in total. The number of carbonyl (C=O) groups is 2. The van der Waals surface area contributed by atoms with Gasteiger partial charge in [-0.2, -0.15) is 0 Å². The van der Waals surface area contributed by atoms with Crippen molar-refractivity contribution in [2.75, 3.05) is 13.2 Å². The van der Waals surface area contributed by atoms with Gasteiger partial charge in [0.05, 0.1) is 13.2 Å². The van der Waals surface area contributed by atoms with Gasteiger partial charge in [-0.05, 0) is 65.4 Å². The molecule has 0 unspecified atom stereocenters. The molecule has 0 bridgehead atoms. The third kappa shape index (κ3) is 6.78. The molecule has 5 nitrogen and oxygen atoms in total. The van der Waals surface area contributed by atoms with Crippen LogP contribution in [-0.2, 0) is 17.6 Å². The number of imide groups is 1. The fraction of sp³-hybridized carbons (Fsp3) is 0.500. The highest BCUT2D eigenvalue weighted by Crippen LogP contribution is 2.35. The number of nitrogens with one attached hydrogen (secondary N) is 1. The number of ether oxygens (including phenoxy) is 2. The summed E-state index contributed by atoms with van der Waals surface area (Å²) in [4.78, 5) is 23.4. The van der Waals surface area contributed by atoms with Gasteiger partial charge in [0.25, 0.3) is 5.24 Å². The predicted molar refractivity (Wildman–Crippen MR) is 137 cm³/mol. The maximum absolute atomic E-state index is 11.9. The lowest BCUT2D eigenvalue weighted by Crippen LogP contribution is -2.20. The predicted octanol–water partition coefficient (Wildman–Crippen LogP) is 6.63. The van der Waals surface area contributed by atoms with Gasteiger partial charge >= 0.3 is 0 Å². The Bertz CT molecular complexity index is 986. The summed E-state index contributed by atoms with van der Waals surface area (Å²) >= 11 is 1.01. The van der Waals surface area contributed by atoms with Crippen molar-refractivity contribution in [1.29, 1.82) is 0 Å². The summed E-state index contributed by atoms with van der Waals surface area (Å²) in [5, 5.41) is 1.52. The molecule has 1 saturated heterocycles. The van der Waals surface area contributed by atoms with E-state index in [9.17, 15) is 9.59 Å². The van der Waals surface area contributed by atoms with Crippen molar-refractivity contribution in [3.8, 4) is 11.5 Å². The number of amides is 2. The smallest absolute Gasteiger partial charge is 0.286 e. The fourth-order valence-corrected chi connectivity index (χ4v) is 5.69. The Kier molecular flexibility index (Phi) is 8.91. The second-order valence-electron chi connectivity index (χ2n) is 9.30. The Hall–Kier alpha value is -2.47. The second-order valence-corrected chi connectivity index (χ2v) is 10.4. The van der Waals surface area contributed by atoms with E-state index in [1.54, 1.807) is 0 Å². The highest BCUT2D eigenvalue weighted by Gasteiger charge is 2.33. The molecular formula is C28H35NO4S. The van der Waals surface area contributed by atoms with Crippen LogP contribution in [0.3, 0.4) is 0 Å². The van der Waals surface area contributed by atoms with E-state index >= 15 is 0 Å². The third-order valence-electron chi connectivity index (χ3n) is 6.56. The van der Waals surface area contributed by atoms with E-state index in [0.717, 1.165) is 48.3 Å². The highest BCUT2D eigenvalue weighted by molar-refractivity contribution is 8.15. The van der Waals surface area contributed by atoms with Crippen molar-refractivity contribution in [3.63, 3.8) is 0 Å². The van der Waals surface area contributed by atoms with E-state index in [2.05, 4.69) is 30.4 Å². The summed E-state index contributed by atoms with van der Waals surface area (Å²) in [6.45, 7) is 3.33. The summed E-state index contributed by atoms with van der Waals surface area (Å²) in [5.74, 6) is 2.26. The molecule has 1 saturated carbocycles. The van der Waals surface area contributed by atoms with E-state index in [-0.39, 0.29) is 11.1 Å². The first-order valence-corrected chi connectivity index (χ1v) is 13.5. The Labute approximate surface area is 207 Å². The molecule has 4 rings (SSSR count). The average Bonchev–Trinajstić information content (AvgIpc) is 3.19. The van der Waals surface area contributed by atoms with Gasteiger partial charge in [0.15, 0.2) is 0 Å². The molecule has 1 aliphatic carbocycles. The SMILES string of the molecule is CCCc1cc(CC2CCCCC2)ccc1OCCCOc1cccc([C@H]2SC(=O)NC2=O)c1. The van der Waals surface area contributed by atoms with Crippen LogP contribution in [0.25, 0.3) is 0 Å². The molecule has 0 radical (unpaired) electrons. The van der Waals surface area contributed by atoms with E-state index in [1.165, 1.54) is 49.7 Å². The van der Waals surface area contributed by atoms with Crippen molar-refractivity contribution in [3.05, 3.63) is 59.2 Å². The molecule has 2 aliphatic rings. The van der Waals surface area contributed by atoms with Crippen molar-refractivity contribution in [1.82, 2.24) is 5.32 Å². The monoisotopic (exact) mass is 481 g/mol. The normalized spacial score (nSPS) is 18.7. The molecule has 182 valence electrons. The van der Waals surface area contributed by atoms with Gasteiger partial charge in [0.2, 0.25) is 5.91 Å². The van der Waals surface area contributed by atoms with Crippen LogP contribution in [0.2, 0.25) is 0 Å². The number of benzene rings is 2. The summed E-state index contributed by atoms with van der Waals surface area (Å²) in [7, 11) is 0. The average molecular weight is 482 g/mol. The van der Waals surface area contributed by atoms with Gasteiger partial charge in [-0.1, -0.05) is 69.7 Å². The summed E-state index contributed by atoms with van der Waals surface area (Å²) in [6.07, 6.45) is 11.0. The molecule has 1 aliphatic heterocycles. The van der Waals surface area contributed by atoms with Crippen LogP contribution >= 0.6 is 11.8 Å². The van der Waals surface area contributed by atoms with Crippen LogP contribution in [-0.4, -0.2) is 24.4 Å². The van der Waals surface area contributed by atoms with E-state index in [1.807, 2.05) is 24.3 Å². The molecule has 6 heteroatoms. The number of thioether (sulfide) groups is 1. The van der Waals surface area contributed by atoms with E-state index < -0.39 is 5.25 Å². The van der Waals surface area contributed by atoms with Crippen LogP contribution in [0.5, 0.6) is 11.5 Å². The summed E-state index contributed by atoms with van der Waals surface area (Å²) in [5.41, 5.74) is 3.53. The molecule has 0 aromatic heterocycles. The first-order chi connectivity index (χ1) is 16.6. The molecule has 1 heterocycles. The van der Waals surface area contributed by atoms with Crippen molar-refractivity contribution < 1.29 is 19.1 Å². The second kappa shape index (κ2) is 12.3. The van der Waals surface area contributed by atoms with E-state index in [4.69, 9.17) is 9.47 Å². The molecule has 2 aromatic carbocycles. The Morgan fingerprint density at radius 1 is 1.00 bits per heavy atom. The molecule has 2 aromatic rings. The van der Waals surface area contributed by atoms with Gasteiger partial charge in [0.1, 0.15) is 16.7 Å². The molecule has 2 fully saturated rings. The Morgan fingerprint density at radius 2 is 1.82 bits per heavy atom. The lowest BCUT2D eigenvalue weighted by molar-refractivity contribution is -0.119. The standard InChI is InChI=1S/C28H35NO4S/c1-2-8-22-18-21(17-20-9-4-3-5-10-20)13-14-25(22)33-16-7-15-32-24-12-6-11-23(19-24)26-27(30)29-28(31)34-26/h6,11-14,18-20,26H,2-5,7-10,15-17H2,1H3,(H,29,30,31)/t26-/m1/s1. The zero-order chi connectivity index (χ0) is 23.8. The van der Waals surface area contributed by atoms with Crippen molar-refractivity contribution in [2.45, 2.75) is 70.0 Å². The van der Waals surface area contributed by atoms with Crippen molar-refractivity contribution >= 4 is 22.9 Å². The van der Waals surface area contributed by atoms with Crippen LogP contribution in [0.1, 0.15) is 73.8 Å². The van der Waals surface area contributed by atoms with Crippen molar-refractivity contribution in [2.24, 2.45) is 5.92 Å². The van der Waals surface area contributed by atoms with Crippen LogP contribution < -0.4 is 14.8 Å².